The summed E-state index contributed by atoms with van der Waals surface area (Å²) in [5.41, 5.74) is -2.21. The Morgan fingerprint density at radius 1 is 1.09 bits per heavy atom. The van der Waals surface area contributed by atoms with Crippen LogP contribution in [0.3, 0.4) is 0 Å². The number of hydrogen-bond donors (Lipinski definition) is 4. The molecule has 1 atom stereocenters. The number of anilines is 2. The van der Waals surface area contributed by atoms with E-state index in [9.17, 15) is 38.9 Å². The van der Waals surface area contributed by atoms with Crippen LogP contribution in [-0.2, 0) is 13.8 Å². The average molecular weight is 666 g/mol. The number of aliphatic hydroxyl groups is 1. The number of rotatable bonds is 10. The topological polar surface area (TPSA) is 188 Å². The smallest absolute Gasteiger partial charge is 0.470 e. The highest BCUT2D eigenvalue weighted by Gasteiger charge is 2.43. The van der Waals surface area contributed by atoms with Gasteiger partial charge in [-0.2, -0.15) is 0 Å². The van der Waals surface area contributed by atoms with Crippen LogP contribution in [0.4, 0.5) is 25.0 Å². The van der Waals surface area contributed by atoms with E-state index in [1.807, 2.05) is 0 Å². The van der Waals surface area contributed by atoms with Crippen molar-refractivity contribution < 1.29 is 56.9 Å². The number of carbonyl (C=O) groups is 2. The fraction of sp³-hybridized carbons (Fsp3) is 0.414. The lowest BCUT2D eigenvalue weighted by Gasteiger charge is -2.42. The molecular formula is C29H30F2N3O11P. The molecular weight excluding hydrogens is 635 g/mol. The molecule has 3 aliphatic rings. The van der Waals surface area contributed by atoms with Gasteiger partial charge in [-0.05, 0) is 49.9 Å². The number of halogens is 2. The SMILES string of the molecule is O=C(O)c1cn(C2CC2)c2cc(N3CCC(COc4ccc(N5CC(CO)OC5=O)cc4F)(OP(=O)(O)O)CC3)c(F)cc2c1=O. The highest BCUT2D eigenvalue weighted by Crippen LogP contribution is 2.46. The van der Waals surface area contributed by atoms with E-state index in [-0.39, 0.29) is 61.0 Å². The van der Waals surface area contributed by atoms with E-state index in [2.05, 4.69) is 0 Å². The van der Waals surface area contributed by atoms with Gasteiger partial charge in [0.15, 0.2) is 11.6 Å². The number of amides is 1. The maximum Gasteiger partial charge on any atom is 0.470 e. The van der Waals surface area contributed by atoms with Gasteiger partial charge < -0.3 is 38.9 Å². The van der Waals surface area contributed by atoms with Crippen LogP contribution in [0.15, 0.2) is 41.3 Å². The monoisotopic (exact) mass is 665 g/mol. The lowest BCUT2D eigenvalue weighted by atomic mass is 9.92. The van der Waals surface area contributed by atoms with Gasteiger partial charge in [0.2, 0.25) is 5.43 Å². The van der Waals surface area contributed by atoms with E-state index < -0.39 is 67.4 Å². The number of carboxylic acids is 1. The number of fused-ring (bicyclic) bond motifs is 1. The number of carboxylic acid groups (broad SMARTS) is 1. The van der Waals surface area contributed by atoms with Gasteiger partial charge in [0.05, 0.1) is 30.0 Å². The Labute approximate surface area is 259 Å². The van der Waals surface area contributed by atoms with E-state index in [1.54, 1.807) is 9.47 Å². The lowest BCUT2D eigenvalue weighted by molar-refractivity contribution is -0.0232. The summed E-state index contributed by atoms with van der Waals surface area (Å²) in [4.78, 5) is 58.6. The summed E-state index contributed by atoms with van der Waals surface area (Å²) < 4.78 is 59.9. The summed E-state index contributed by atoms with van der Waals surface area (Å²) in [5.74, 6) is -3.32. The average Bonchev–Trinajstić information content (AvgIpc) is 3.77. The van der Waals surface area contributed by atoms with Crippen molar-refractivity contribution in [3.8, 4) is 5.75 Å². The largest absolute Gasteiger partial charge is 0.487 e. The van der Waals surface area contributed by atoms with Crippen molar-refractivity contribution in [2.45, 2.75) is 43.4 Å². The first-order valence-electron chi connectivity index (χ1n) is 14.4. The van der Waals surface area contributed by atoms with Crippen molar-refractivity contribution in [2.24, 2.45) is 0 Å². The molecule has 0 spiro atoms. The van der Waals surface area contributed by atoms with Crippen molar-refractivity contribution in [2.75, 3.05) is 42.6 Å². The van der Waals surface area contributed by atoms with Gasteiger partial charge in [0, 0.05) is 36.8 Å². The zero-order valence-corrected chi connectivity index (χ0v) is 25.1. The number of piperidine rings is 1. The molecule has 1 saturated carbocycles. The number of nitrogens with zero attached hydrogens (tertiary/aromatic N) is 3. The molecule has 1 aliphatic carbocycles. The number of aromatic nitrogens is 1. The van der Waals surface area contributed by atoms with Gasteiger partial charge in [-0.3, -0.25) is 14.2 Å². The number of benzene rings is 2. The van der Waals surface area contributed by atoms with Crippen molar-refractivity contribution in [3.63, 3.8) is 0 Å². The van der Waals surface area contributed by atoms with Crippen LogP contribution in [0.2, 0.25) is 0 Å². The third-order valence-corrected chi connectivity index (χ3v) is 9.02. The molecule has 6 rings (SSSR count). The number of aliphatic hydroxyl groups excluding tert-OH is 1. The number of carbonyl (C=O) groups excluding carboxylic acids is 1. The second kappa shape index (κ2) is 11.9. The minimum atomic E-state index is -5.06. The van der Waals surface area contributed by atoms with Crippen molar-refractivity contribution in [3.05, 3.63) is 63.9 Å². The molecule has 0 bridgehead atoms. The van der Waals surface area contributed by atoms with Gasteiger partial charge in [-0.25, -0.2) is 22.9 Å². The number of ether oxygens (including phenoxy) is 2. The molecule has 1 aromatic heterocycles. The maximum absolute atomic E-state index is 15.4. The first kappa shape index (κ1) is 31.9. The fourth-order valence-electron chi connectivity index (χ4n) is 5.89. The van der Waals surface area contributed by atoms with E-state index in [4.69, 9.17) is 14.0 Å². The molecule has 2 aromatic carbocycles. The Morgan fingerprint density at radius 2 is 1.80 bits per heavy atom. The van der Waals surface area contributed by atoms with Crippen molar-refractivity contribution in [1.82, 2.24) is 4.57 Å². The van der Waals surface area contributed by atoms with E-state index >= 15 is 8.78 Å². The molecule has 2 aliphatic heterocycles. The molecule has 3 heterocycles. The van der Waals surface area contributed by atoms with Crippen molar-refractivity contribution in [1.29, 1.82) is 0 Å². The van der Waals surface area contributed by atoms with E-state index in [0.717, 1.165) is 29.9 Å². The van der Waals surface area contributed by atoms with E-state index in [0.29, 0.717) is 5.52 Å². The summed E-state index contributed by atoms with van der Waals surface area (Å²) in [6.07, 6.45) is 1.18. The van der Waals surface area contributed by atoms with Gasteiger partial charge in [-0.15, -0.1) is 0 Å². The van der Waals surface area contributed by atoms with Gasteiger partial charge in [0.25, 0.3) is 0 Å². The molecule has 2 saturated heterocycles. The first-order valence-corrected chi connectivity index (χ1v) is 15.9. The first-order chi connectivity index (χ1) is 21.8. The maximum atomic E-state index is 15.4. The van der Waals surface area contributed by atoms with Crippen LogP contribution in [0.25, 0.3) is 10.9 Å². The quantitative estimate of drug-likeness (QED) is 0.232. The molecule has 14 nitrogen and oxygen atoms in total. The lowest BCUT2D eigenvalue weighted by Crippen LogP contribution is -2.49. The summed E-state index contributed by atoms with van der Waals surface area (Å²) in [6.45, 7) is -0.771. The molecule has 4 N–H and O–H groups in total. The van der Waals surface area contributed by atoms with Crippen LogP contribution >= 0.6 is 7.82 Å². The minimum absolute atomic E-state index is 0.0184. The van der Waals surface area contributed by atoms with Crippen LogP contribution < -0.4 is 20.0 Å². The standard InChI is InChI=1S/C29H30F2N3O11P/c30-21-10-19-23(33(16-1-2-16)13-20(26(19)36)27(37)38)11-24(21)32-7-5-29(6-8-32,45-46(40,41)42)15-43-25-4-3-17(9-22(25)31)34-12-18(14-35)44-28(34)39/h3-4,9-11,13,16,18,35H,1-2,5-8,12,14-15H2,(H,37,38)(H2,40,41,42). The van der Waals surface area contributed by atoms with E-state index in [1.165, 1.54) is 24.4 Å². The van der Waals surface area contributed by atoms with Crippen LogP contribution in [0.1, 0.15) is 42.1 Å². The molecule has 46 heavy (non-hydrogen) atoms. The Kier molecular flexibility index (Phi) is 8.27. The number of cyclic esters (lactones) is 1. The Hall–Kier alpha value is -4.08. The third-order valence-electron chi connectivity index (χ3n) is 8.39. The number of phosphoric ester groups is 1. The second-order valence-corrected chi connectivity index (χ2v) is 12.8. The van der Waals surface area contributed by atoms with Crippen LogP contribution in [-0.4, -0.2) is 81.2 Å². The molecule has 1 amide bonds. The summed E-state index contributed by atoms with van der Waals surface area (Å²) in [7, 11) is -5.06. The Bertz CT molecular complexity index is 1820. The number of pyridine rings is 1. The highest BCUT2D eigenvalue weighted by atomic mass is 31.2. The Morgan fingerprint density at radius 3 is 2.39 bits per heavy atom. The molecule has 3 fully saturated rings. The highest BCUT2D eigenvalue weighted by molar-refractivity contribution is 7.46. The Balaban J connectivity index is 1.22. The molecule has 3 aromatic rings. The predicted molar refractivity (Wildman–Crippen MR) is 157 cm³/mol. The fourth-order valence-corrected chi connectivity index (χ4v) is 6.63. The van der Waals surface area contributed by atoms with Gasteiger partial charge >= 0.3 is 19.9 Å². The number of hydrogen-bond acceptors (Lipinski definition) is 9. The normalized spacial score (nSPS) is 19.8. The second-order valence-electron chi connectivity index (χ2n) is 11.6. The summed E-state index contributed by atoms with van der Waals surface area (Å²) >= 11 is 0. The van der Waals surface area contributed by atoms with Gasteiger partial charge in [-0.1, -0.05) is 0 Å². The molecule has 17 heteroatoms. The summed E-state index contributed by atoms with van der Waals surface area (Å²) in [5, 5.41) is 18.6. The van der Waals surface area contributed by atoms with Crippen LogP contribution in [0, 0.1) is 11.6 Å². The molecule has 246 valence electrons. The van der Waals surface area contributed by atoms with Crippen molar-refractivity contribution >= 4 is 42.2 Å². The number of phosphoric acid groups is 1. The number of aromatic carboxylic acids is 1. The minimum Gasteiger partial charge on any atom is -0.487 e. The summed E-state index contributed by atoms with van der Waals surface area (Å²) in [6, 6.07) is 6.11. The van der Waals surface area contributed by atoms with Gasteiger partial charge in [0.1, 0.15) is 29.7 Å². The predicted octanol–water partition coefficient (Wildman–Crippen LogP) is 3.16. The molecule has 0 radical (unpaired) electrons. The zero-order valence-electron chi connectivity index (χ0n) is 24.2. The third kappa shape index (κ3) is 6.31. The molecule has 1 unspecified atom stereocenters. The zero-order chi connectivity index (χ0) is 33.0. The van der Waals surface area contributed by atoms with Crippen LogP contribution in [0.5, 0.6) is 5.75 Å².